The molecule has 3 nitrogen and oxygen atoms in total. The van der Waals surface area contributed by atoms with Gasteiger partial charge in [-0.15, -0.1) is 0 Å². The van der Waals surface area contributed by atoms with Crippen LogP contribution in [0.2, 0.25) is 0 Å². The lowest BCUT2D eigenvalue weighted by atomic mass is 9.99. The highest BCUT2D eigenvalue weighted by atomic mass is 79.9. The zero-order valence-electron chi connectivity index (χ0n) is 11.4. The van der Waals surface area contributed by atoms with Crippen molar-refractivity contribution in [2.24, 2.45) is 5.84 Å². The van der Waals surface area contributed by atoms with Crippen molar-refractivity contribution in [3.63, 3.8) is 0 Å². The Morgan fingerprint density at radius 1 is 1.29 bits per heavy atom. The SMILES string of the molecule is COc1ccc(Br)c(C(Cc2cccc(F)c2Br)NN)c1. The first-order valence-corrected chi connectivity index (χ1v) is 7.88. The number of rotatable bonds is 5. The number of hydrogen-bond donors (Lipinski definition) is 2. The Labute approximate surface area is 139 Å². The molecule has 0 aromatic heterocycles. The molecule has 112 valence electrons. The second-order valence-electron chi connectivity index (χ2n) is 4.52. The summed E-state index contributed by atoms with van der Waals surface area (Å²) in [4.78, 5) is 0. The minimum atomic E-state index is -0.284. The fourth-order valence-corrected chi connectivity index (χ4v) is 3.05. The monoisotopic (exact) mass is 416 g/mol. The van der Waals surface area contributed by atoms with E-state index in [1.54, 1.807) is 13.2 Å². The zero-order chi connectivity index (χ0) is 15.4. The third-order valence-electron chi connectivity index (χ3n) is 3.24. The van der Waals surface area contributed by atoms with E-state index in [1.807, 2.05) is 24.3 Å². The number of hydrazine groups is 1. The Morgan fingerprint density at radius 3 is 2.71 bits per heavy atom. The Bertz CT molecular complexity index is 637. The second-order valence-corrected chi connectivity index (χ2v) is 6.17. The molecule has 2 rings (SSSR count). The third kappa shape index (κ3) is 3.83. The lowest BCUT2D eigenvalue weighted by Gasteiger charge is -2.19. The zero-order valence-corrected chi connectivity index (χ0v) is 14.5. The van der Waals surface area contributed by atoms with Gasteiger partial charge in [0, 0.05) is 4.47 Å². The van der Waals surface area contributed by atoms with Crippen LogP contribution in [-0.2, 0) is 6.42 Å². The highest BCUT2D eigenvalue weighted by Crippen LogP contribution is 2.31. The van der Waals surface area contributed by atoms with Crippen molar-refractivity contribution < 1.29 is 9.13 Å². The van der Waals surface area contributed by atoms with Crippen LogP contribution in [0.25, 0.3) is 0 Å². The molecule has 0 aliphatic carbocycles. The van der Waals surface area contributed by atoms with Gasteiger partial charge in [-0.25, -0.2) is 4.39 Å². The van der Waals surface area contributed by atoms with E-state index in [0.29, 0.717) is 10.9 Å². The predicted molar refractivity (Wildman–Crippen MR) is 88.6 cm³/mol. The van der Waals surface area contributed by atoms with E-state index in [2.05, 4.69) is 37.3 Å². The molecular formula is C15H15Br2FN2O. The van der Waals surface area contributed by atoms with Crippen molar-refractivity contribution in [2.45, 2.75) is 12.5 Å². The molecule has 1 atom stereocenters. The number of hydrogen-bond acceptors (Lipinski definition) is 3. The van der Waals surface area contributed by atoms with Gasteiger partial charge in [-0.05, 0) is 57.7 Å². The lowest BCUT2D eigenvalue weighted by molar-refractivity contribution is 0.412. The fourth-order valence-electron chi connectivity index (χ4n) is 2.10. The number of halogens is 3. The van der Waals surface area contributed by atoms with Crippen LogP contribution in [0.4, 0.5) is 4.39 Å². The number of benzene rings is 2. The summed E-state index contributed by atoms with van der Waals surface area (Å²) in [5.41, 5.74) is 4.57. The number of nitrogens with two attached hydrogens (primary N) is 1. The molecule has 2 aromatic rings. The third-order valence-corrected chi connectivity index (χ3v) is 4.85. The van der Waals surface area contributed by atoms with E-state index >= 15 is 0 Å². The molecule has 0 aliphatic rings. The fraction of sp³-hybridized carbons (Fsp3) is 0.200. The van der Waals surface area contributed by atoms with Crippen LogP contribution >= 0.6 is 31.9 Å². The maximum Gasteiger partial charge on any atom is 0.137 e. The first kappa shape index (κ1) is 16.4. The van der Waals surface area contributed by atoms with Gasteiger partial charge in [-0.2, -0.15) is 0 Å². The Hall–Kier alpha value is -0.950. The molecule has 3 N–H and O–H groups in total. The molecule has 0 bridgehead atoms. The smallest absolute Gasteiger partial charge is 0.137 e. The summed E-state index contributed by atoms with van der Waals surface area (Å²) >= 11 is 6.79. The van der Waals surface area contributed by atoms with Gasteiger partial charge in [-0.3, -0.25) is 11.3 Å². The van der Waals surface area contributed by atoms with Crippen molar-refractivity contribution in [3.05, 3.63) is 62.3 Å². The van der Waals surface area contributed by atoms with Crippen molar-refractivity contribution in [2.75, 3.05) is 7.11 Å². The van der Waals surface area contributed by atoms with Gasteiger partial charge in [0.2, 0.25) is 0 Å². The summed E-state index contributed by atoms with van der Waals surface area (Å²) in [5.74, 6) is 6.14. The minimum Gasteiger partial charge on any atom is -0.497 e. The van der Waals surface area contributed by atoms with E-state index in [9.17, 15) is 4.39 Å². The molecule has 0 saturated heterocycles. The van der Waals surface area contributed by atoms with E-state index in [4.69, 9.17) is 10.6 Å². The van der Waals surface area contributed by atoms with Crippen molar-refractivity contribution >= 4 is 31.9 Å². The molecule has 1 unspecified atom stereocenters. The molecule has 2 aromatic carbocycles. The maximum atomic E-state index is 13.6. The average Bonchev–Trinajstić information content (AvgIpc) is 2.50. The average molecular weight is 418 g/mol. The van der Waals surface area contributed by atoms with Gasteiger partial charge < -0.3 is 4.74 Å². The largest absolute Gasteiger partial charge is 0.497 e. The predicted octanol–water partition coefficient (Wildman–Crippen LogP) is 4.11. The van der Waals surface area contributed by atoms with E-state index in [0.717, 1.165) is 21.3 Å². The lowest BCUT2D eigenvalue weighted by Crippen LogP contribution is -2.30. The van der Waals surface area contributed by atoms with Crippen LogP contribution in [0.1, 0.15) is 17.2 Å². The molecule has 0 spiro atoms. The first-order valence-electron chi connectivity index (χ1n) is 6.29. The molecule has 6 heteroatoms. The standard InChI is InChI=1S/C15H15Br2FN2O/c1-21-10-5-6-12(16)11(8-10)14(20-19)7-9-3-2-4-13(18)15(9)17/h2-6,8,14,20H,7,19H2,1H3. The van der Waals surface area contributed by atoms with E-state index in [1.165, 1.54) is 6.07 Å². The molecule has 0 aliphatic heterocycles. The van der Waals surface area contributed by atoms with E-state index in [-0.39, 0.29) is 11.9 Å². The van der Waals surface area contributed by atoms with Crippen LogP contribution in [0, 0.1) is 5.82 Å². The van der Waals surface area contributed by atoms with Crippen molar-refractivity contribution in [1.82, 2.24) is 5.43 Å². The highest BCUT2D eigenvalue weighted by Gasteiger charge is 2.17. The molecule has 0 fully saturated rings. The van der Waals surface area contributed by atoms with Gasteiger partial charge in [-0.1, -0.05) is 28.1 Å². The summed E-state index contributed by atoms with van der Waals surface area (Å²) in [5, 5.41) is 0. The molecule has 0 radical (unpaired) electrons. The van der Waals surface area contributed by atoms with Crippen LogP contribution in [0.15, 0.2) is 45.3 Å². The first-order chi connectivity index (χ1) is 10.1. The van der Waals surface area contributed by atoms with Gasteiger partial charge in [0.25, 0.3) is 0 Å². The van der Waals surface area contributed by atoms with Crippen LogP contribution in [0.5, 0.6) is 5.75 Å². The topological polar surface area (TPSA) is 47.3 Å². The highest BCUT2D eigenvalue weighted by molar-refractivity contribution is 9.10. The summed E-state index contributed by atoms with van der Waals surface area (Å²) in [6.07, 6.45) is 0.542. The molecular weight excluding hydrogens is 403 g/mol. The molecule has 0 heterocycles. The minimum absolute atomic E-state index is 0.174. The number of nitrogens with one attached hydrogen (secondary N) is 1. The van der Waals surface area contributed by atoms with Crippen LogP contribution in [-0.4, -0.2) is 7.11 Å². The van der Waals surface area contributed by atoms with Gasteiger partial charge in [0.1, 0.15) is 11.6 Å². The Kier molecular flexibility index (Phi) is 5.75. The van der Waals surface area contributed by atoms with Gasteiger partial charge >= 0.3 is 0 Å². The van der Waals surface area contributed by atoms with Crippen LogP contribution < -0.4 is 16.0 Å². The molecule has 21 heavy (non-hydrogen) atoms. The van der Waals surface area contributed by atoms with Gasteiger partial charge in [0.05, 0.1) is 17.6 Å². The van der Waals surface area contributed by atoms with Gasteiger partial charge in [0.15, 0.2) is 0 Å². The maximum absolute atomic E-state index is 13.6. The number of methoxy groups -OCH3 is 1. The van der Waals surface area contributed by atoms with E-state index < -0.39 is 0 Å². The summed E-state index contributed by atoms with van der Waals surface area (Å²) in [6, 6.07) is 10.5. The number of ether oxygens (including phenoxy) is 1. The van der Waals surface area contributed by atoms with Crippen molar-refractivity contribution in [3.8, 4) is 5.75 Å². The molecule has 0 saturated carbocycles. The normalized spacial score (nSPS) is 12.2. The quantitative estimate of drug-likeness (QED) is 0.568. The van der Waals surface area contributed by atoms with Crippen molar-refractivity contribution in [1.29, 1.82) is 0 Å². The molecule has 0 amide bonds. The Morgan fingerprint density at radius 2 is 2.05 bits per heavy atom. The summed E-state index contributed by atoms with van der Waals surface area (Å²) in [6.45, 7) is 0. The Balaban J connectivity index is 2.34. The summed E-state index contributed by atoms with van der Waals surface area (Å²) in [7, 11) is 1.61. The van der Waals surface area contributed by atoms with Crippen LogP contribution in [0.3, 0.4) is 0 Å². The summed E-state index contributed by atoms with van der Waals surface area (Å²) < 4.78 is 20.2. The second kappa shape index (κ2) is 7.35.